The Kier molecular flexibility index (Phi) is 5.35. The van der Waals surface area contributed by atoms with Crippen LogP contribution in [0.1, 0.15) is 16.1 Å². The number of rotatable bonds is 5. The average Bonchev–Trinajstić information content (AvgIpc) is 3.02. The molecule has 7 heteroatoms. The fourth-order valence-electron chi connectivity index (χ4n) is 2.03. The zero-order chi connectivity index (χ0) is 16.9. The van der Waals surface area contributed by atoms with Crippen LogP contribution >= 0.6 is 34.5 Å². The number of benzene rings is 2. The minimum absolute atomic E-state index is 0.245. The predicted molar refractivity (Wildman–Crippen MR) is 99.5 cm³/mol. The molecule has 0 aliphatic heterocycles. The molecular weight excluding hydrogens is 365 g/mol. The third-order valence-corrected chi connectivity index (χ3v) is 4.57. The van der Waals surface area contributed by atoms with E-state index in [1.54, 1.807) is 23.6 Å². The van der Waals surface area contributed by atoms with Crippen LogP contribution in [0.3, 0.4) is 0 Å². The molecule has 3 rings (SSSR count). The molecule has 1 amide bonds. The van der Waals surface area contributed by atoms with Gasteiger partial charge in [0.15, 0.2) is 5.13 Å². The Bertz CT molecular complexity index is 866. The number of hydrogen-bond acceptors (Lipinski definition) is 4. The Labute approximate surface area is 153 Å². The molecule has 0 unspecified atom stereocenters. The van der Waals surface area contributed by atoms with Crippen molar-refractivity contribution in [2.45, 2.75) is 6.54 Å². The van der Waals surface area contributed by atoms with Crippen molar-refractivity contribution in [3.05, 3.63) is 75.2 Å². The maximum atomic E-state index is 12.2. The molecule has 2 aromatic carbocycles. The molecule has 4 nitrogen and oxygen atoms in total. The second-order valence-corrected chi connectivity index (χ2v) is 6.65. The van der Waals surface area contributed by atoms with Gasteiger partial charge in [-0.3, -0.25) is 4.79 Å². The predicted octanol–water partition coefficient (Wildman–Crippen LogP) is 5.12. The highest BCUT2D eigenvalue weighted by molar-refractivity contribution is 7.14. The van der Waals surface area contributed by atoms with Crippen molar-refractivity contribution in [1.29, 1.82) is 0 Å². The SMILES string of the molecule is O=C(NCc1ccccc1Cl)c1csc(Nc2cccc(Cl)c2)n1. The average molecular weight is 378 g/mol. The number of thiazole rings is 1. The maximum Gasteiger partial charge on any atom is 0.271 e. The first kappa shape index (κ1) is 16.8. The molecule has 3 aromatic rings. The number of carbonyl (C=O) groups excluding carboxylic acids is 1. The number of carbonyl (C=O) groups is 1. The minimum atomic E-state index is -0.245. The van der Waals surface area contributed by atoms with E-state index in [1.807, 2.05) is 30.3 Å². The number of nitrogens with one attached hydrogen (secondary N) is 2. The van der Waals surface area contributed by atoms with E-state index in [0.717, 1.165) is 11.3 Å². The number of halogens is 2. The molecule has 0 fully saturated rings. The van der Waals surface area contributed by atoms with Crippen LogP contribution in [0.25, 0.3) is 0 Å². The van der Waals surface area contributed by atoms with Gasteiger partial charge in [0.05, 0.1) is 0 Å². The highest BCUT2D eigenvalue weighted by Crippen LogP contribution is 2.23. The summed E-state index contributed by atoms with van der Waals surface area (Å²) in [5.74, 6) is -0.245. The number of amides is 1. The Hall–Kier alpha value is -2.08. The quantitative estimate of drug-likeness (QED) is 0.648. The Morgan fingerprint density at radius 1 is 1.12 bits per heavy atom. The number of anilines is 2. The summed E-state index contributed by atoms with van der Waals surface area (Å²) < 4.78 is 0. The van der Waals surface area contributed by atoms with Crippen LogP contribution in [0.15, 0.2) is 53.9 Å². The Morgan fingerprint density at radius 3 is 2.75 bits per heavy atom. The van der Waals surface area contributed by atoms with E-state index in [1.165, 1.54) is 11.3 Å². The van der Waals surface area contributed by atoms with E-state index >= 15 is 0 Å². The number of aromatic nitrogens is 1. The molecule has 0 spiro atoms. The molecule has 1 aromatic heterocycles. The van der Waals surface area contributed by atoms with Gasteiger partial charge in [-0.25, -0.2) is 4.98 Å². The van der Waals surface area contributed by atoms with Gasteiger partial charge in [0, 0.05) is 27.7 Å². The third-order valence-electron chi connectivity index (χ3n) is 3.21. The van der Waals surface area contributed by atoms with Gasteiger partial charge in [0.2, 0.25) is 0 Å². The summed E-state index contributed by atoms with van der Waals surface area (Å²) in [5, 5.41) is 9.53. The molecule has 0 aliphatic rings. The van der Waals surface area contributed by atoms with E-state index in [-0.39, 0.29) is 5.91 Å². The van der Waals surface area contributed by atoms with Crippen LogP contribution in [0.5, 0.6) is 0 Å². The van der Waals surface area contributed by atoms with Crippen LogP contribution in [0.4, 0.5) is 10.8 Å². The lowest BCUT2D eigenvalue weighted by atomic mass is 10.2. The van der Waals surface area contributed by atoms with Crippen LogP contribution in [0.2, 0.25) is 10.0 Å². The van der Waals surface area contributed by atoms with Crippen molar-refractivity contribution in [1.82, 2.24) is 10.3 Å². The van der Waals surface area contributed by atoms with Crippen molar-refractivity contribution in [3.8, 4) is 0 Å². The molecule has 0 bridgehead atoms. The summed E-state index contributed by atoms with van der Waals surface area (Å²) in [4.78, 5) is 16.5. The van der Waals surface area contributed by atoms with Gasteiger partial charge in [-0.15, -0.1) is 11.3 Å². The van der Waals surface area contributed by atoms with E-state index in [4.69, 9.17) is 23.2 Å². The topological polar surface area (TPSA) is 54.0 Å². The zero-order valence-corrected chi connectivity index (χ0v) is 14.8. The lowest BCUT2D eigenvalue weighted by Gasteiger charge is -2.05. The van der Waals surface area contributed by atoms with Crippen molar-refractivity contribution in [3.63, 3.8) is 0 Å². The first-order valence-corrected chi connectivity index (χ1v) is 8.75. The molecule has 0 atom stereocenters. The second kappa shape index (κ2) is 7.66. The molecule has 122 valence electrons. The van der Waals surface area contributed by atoms with Gasteiger partial charge in [-0.05, 0) is 29.8 Å². The fourth-order valence-corrected chi connectivity index (χ4v) is 3.14. The van der Waals surface area contributed by atoms with E-state index < -0.39 is 0 Å². The maximum absolute atomic E-state index is 12.2. The van der Waals surface area contributed by atoms with Crippen molar-refractivity contribution in [2.24, 2.45) is 0 Å². The third kappa shape index (κ3) is 4.26. The molecule has 2 N–H and O–H groups in total. The Balaban J connectivity index is 1.62. The van der Waals surface area contributed by atoms with E-state index in [0.29, 0.717) is 27.4 Å². The van der Waals surface area contributed by atoms with Crippen molar-refractivity contribution < 1.29 is 4.79 Å². The van der Waals surface area contributed by atoms with Gasteiger partial charge >= 0.3 is 0 Å². The first-order valence-electron chi connectivity index (χ1n) is 7.11. The van der Waals surface area contributed by atoms with Crippen LogP contribution < -0.4 is 10.6 Å². The normalized spacial score (nSPS) is 10.4. The minimum Gasteiger partial charge on any atom is -0.347 e. The monoisotopic (exact) mass is 377 g/mol. The highest BCUT2D eigenvalue weighted by atomic mass is 35.5. The first-order chi connectivity index (χ1) is 11.6. The number of nitrogens with zero attached hydrogens (tertiary/aromatic N) is 1. The molecule has 0 saturated heterocycles. The van der Waals surface area contributed by atoms with Crippen molar-refractivity contribution in [2.75, 3.05) is 5.32 Å². The molecule has 24 heavy (non-hydrogen) atoms. The van der Waals surface area contributed by atoms with E-state index in [9.17, 15) is 4.79 Å². The standard InChI is InChI=1S/C17H13Cl2N3OS/c18-12-5-3-6-13(8-12)21-17-22-15(10-24-17)16(23)20-9-11-4-1-2-7-14(11)19/h1-8,10H,9H2,(H,20,23)(H,21,22). The van der Waals surface area contributed by atoms with Crippen LogP contribution in [-0.4, -0.2) is 10.9 Å². The largest absolute Gasteiger partial charge is 0.347 e. The summed E-state index contributed by atoms with van der Waals surface area (Å²) in [6.45, 7) is 0.354. The van der Waals surface area contributed by atoms with Crippen LogP contribution in [0, 0.1) is 0 Å². The molecule has 0 saturated carbocycles. The fraction of sp³-hybridized carbons (Fsp3) is 0.0588. The molecule has 1 heterocycles. The molecular formula is C17H13Cl2N3OS. The molecule has 0 aliphatic carbocycles. The summed E-state index contributed by atoms with van der Waals surface area (Å²) >= 11 is 13.4. The number of hydrogen-bond donors (Lipinski definition) is 2. The van der Waals surface area contributed by atoms with E-state index in [2.05, 4.69) is 15.6 Å². The van der Waals surface area contributed by atoms with Crippen molar-refractivity contribution >= 4 is 51.3 Å². The van der Waals surface area contributed by atoms with Crippen LogP contribution in [-0.2, 0) is 6.54 Å². The summed E-state index contributed by atoms with van der Waals surface area (Å²) in [5.41, 5.74) is 2.04. The molecule has 0 radical (unpaired) electrons. The highest BCUT2D eigenvalue weighted by Gasteiger charge is 2.11. The second-order valence-electron chi connectivity index (χ2n) is 4.95. The van der Waals surface area contributed by atoms with Gasteiger partial charge in [-0.2, -0.15) is 0 Å². The van der Waals surface area contributed by atoms with Gasteiger partial charge < -0.3 is 10.6 Å². The summed E-state index contributed by atoms with van der Waals surface area (Å²) in [7, 11) is 0. The summed E-state index contributed by atoms with van der Waals surface area (Å²) in [6.07, 6.45) is 0. The zero-order valence-electron chi connectivity index (χ0n) is 12.4. The van der Waals surface area contributed by atoms with Gasteiger partial charge in [0.25, 0.3) is 5.91 Å². The lowest BCUT2D eigenvalue weighted by molar-refractivity contribution is 0.0946. The van der Waals surface area contributed by atoms with Gasteiger partial charge in [0.1, 0.15) is 5.69 Å². The van der Waals surface area contributed by atoms with Gasteiger partial charge in [-0.1, -0.05) is 47.5 Å². The summed E-state index contributed by atoms with van der Waals surface area (Å²) in [6, 6.07) is 14.7. The smallest absolute Gasteiger partial charge is 0.271 e. The Morgan fingerprint density at radius 2 is 1.96 bits per heavy atom. The lowest BCUT2D eigenvalue weighted by Crippen LogP contribution is -2.23.